The van der Waals surface area contributed by atoms with E-state index < -0.39 is 0 Å². The number of esters is 1. The third kappa shape index (κ3) is 1.17. The fourth-order valence-corrected chi connectivity index (χ4v) is 3.43. The fourth-order valence-electron chi connectivity index (χ4n) is 2.08. The Morgan fingerprint density at radius 3 is 3.43 bits per heavy atom. The number of hydrogen-bond donors (Lipinski definition) is 0. The van der Waals surface area contributed by atoms with Crippen LogP contribution in [-0.4, -0.2) is 27.6 Å². The lowest BCUT2D eigenvalue weighted by Gasteiger charge is -2.14. The lowest BCUT2D eigenvalue weighted by molar-refractivity contribution is 0.0324. The van der Waals surface area contributed by atoms with Crippen LogP contribution in [0.15, 0.2) is 18.3 Å². The summed E-state index contributed by atoms with van der Waals surface area (Å²) in [5, 5.41) is 0.451. The first kappa shape index (κ1) is 8.41. The van der Waals surface area contributed by atoms with E-state index in [9.17, 15) is 4.79 Å². The second kappa shape index (κ2) is 3.05. The molecule has 0 aliphatic carbocycles. The van der Waals surface area contributed by atoms with Gasteiger partial charge in [0.2, 0.25) is 0 Å². The summed E-state index contributed by atoms with van der Waals surface area (Å²) < 4.78 is 7.44. The molecule has 3 nitrogen and oxygen atoms in total. The van der Waals surface area contributed by atoms with Crippen molar-refractivity contribution in [2.45, 2.75) is 24.3 Å². The minimum absolute atomic E-state index is 0.132. The molecule has 1 aromatic rings. The molecule has 14 heavy (non-hydrogen) atoms. The van der Waals surface area contributed by atoms with Crippen LogP contribution < -0.4 is 0 Å². The molecule has 4 heteroatoms. The molecule has 74 valence electrons. The van der Waals surface area contributed by atoms with Crippen LogP contribution in [0.4, 0.5) is 0 Å². The number of nitrogens with zero attached hydrogens (tertiary/aromatic N) is 1. The van der Waals surface area contributed by atoms with Crippen LogP contribution in [0, 0.1) is 0 Å². The van der Waals surface area contributed by atoms with E-state index in [0.29, 0.717) is 10.9 Å². The van der Waals surface area contributed by atoms with E-state index in [-0.39, 0.29) is 12.1 Å². The van der Waals surface area contributed by atoms with Gasteiger partial charge in [0.05, 0.1) is 5.25 Å². The summed E-state index contributed by atoms with van der Waals surface area (Å²) in [5.41, 5.74) is 0.694. The van der Waals surface area contributed by atoms with Gasteiger partial charge in [-0.1, -0.05) is 0 Å². The number of fused-ring (bicyclic) bond motifs is 2. The predicted molar refractivity (Wildman–Crippen MR) is 54.5 cm³/mol. The van der Waals surface area contributed by atoms with Crippen molar-refractivity contribution in [3.63, 3.8) is 0 Å². The van der Waals surface area contributed by atoms with Gasteiger partial charge in [0.1, 0.15) is 11.8 Å². The van der Waals surface area contributed by atoms with Gasteiger partial charge < -0.3 is 9.30 Å². The number of aromatic nitrogens is 1. The van der Waals surface area contributed by atoms with Crippen LogP contribution in [0.5, 0.6) is 0 Å². The highest BCUT2D eigenvalue weighted by Gasteiger charge is 2.35. The molecule has 0 saturated carbocycles. The standard InChI is InChI=1S/C10H11NO2S/c12-10-7-2-1-4-11(7)6-9-8(13-10)3-5-14-9/h1-2,4,8-9H,3,5-6H2/t8-,9?/m0/s1. The van der Waals surface area contributed by atoms with Gasteiger partial charge in [-0.25, -0.2) is 4.79 Å². The van der Waals surface area contributed by atoms with E-state index in [1.54, 1.807) is 0 Å². The molecule has 2 atom stereocenters. The van der Waals surface area contributed by atoms with Gasteiger partial charge in [0, 0.05) is 12.7 Å². The Bertz CT molecular complexity index is 374. The third-order valence-corrected chi connectivity index (χ3v) is 4.17. The molecule has 1 fully saturated rings. The topological polar surface area (TPSA) is 31.2 Å². The first-order chi connectivity index (χ1) is 6.84. The van der Waals surface area contributed by atoms with E-state index in [0.717, 1.165) is 18.7 Å². The first-order valence-corrected chi connectivity index (χ1v) is 5.87. The number of carbonyl (C=O) groups excluding carboxylic acids is 1. The Labute approximate surface area is 86.4 Å². The van der Waals surface area contributed by atoms with Crippen molar-refractivity contribution in [3.05, 3.63) is 24.0 Å². The van der Waals surface area contributed by atoms with Gasteiger partial charge in [-0.15, -0.1) is 0 Å². The van der Waals surface area contributed by atoms with E-state index in [1.165, 1.54) is 0 Å². The highest BCUT2D eigenvalue weighted by Crippen LogP contribution is 2.33. The molecule has 0 N–H and O–H groups in total. The van der Waals surface area contributed by atoms with Crippen molar-refractivity contribution in [3.8, 4) is 0 Å². The van der Waals surface area contributed by atoms with Gasteiger partial charge in [0.25, 0.3) is 0 Å². The number of ether oxygens (including phenoxy) is 1. The lowest BCUT2D eigenvalue weighted by atomic mass is 10.2. The quantitative estimate of drug-likeness (QED) is 0.607. The summed E-state index contributed by atoms with van der Waals surface area (Å²) in [5.74, 6) is 0.948. The minimum atomic E-state index is -0.162. The van der Waals surface area contributed by atoms with Crippen LogP contribution in [-0.2, 0) is 11.3 Å². The van der Waals surface area contributed by atoms with E-state index in [1.807, 2.05) is 34.7 Å². The van der Waals surface area contributed by atoms with E-state index >= 15 is 0 Å². The minimum Gasteiger partial charge on any atom is -0.456 e. The zero-order chi connectivity index (χ0) is 9.54. The Morgan fingerprint density at radius 1 is 1.57 bits per heavy atom. The Balaban J connectivity index is 1.99. The number of rotatable bonds is 0. The number of thioether (sulfide) groups is 1. The molecule has 2 aliphatic heterocycles. The van der Waals surface area contributed by atoms with Crippen molar-refractivity contribution in [1.82, 2.24) is 4.57 Å². The number of hydrogen-bond acceptors (Lipinski definition) is 3. The maximum Gasteiger partial charge on any atom is 0.355 e. The lowest BCUT2D eigenvalue weighted by Crippen LogP contribution is -2.23. The van der Waals surface area contributed by atoms with Crippen molar-refractivity contribution < 1.29 is 9.53 Å². The van der Waals surface area contributed by atoms with Crippen molar-refractivity contribution in [2.75, 3.05) is 5.75 Å². The zero-order valence-electron chi connectivity index (χ0n) is 7.68. The Morgan fingerprint density at radius 2 is 2.50 bits per heavy atom. The average molecular weight is 209 g/mol. The summed E-state index contributed by atoms with van der Waals surface area (Å²) in [6.07, 6.45) is 3.09. The van der Waals surface area contributed by atoms with Crippen molar-refractivity contribution >= 4 is 17.7 Å². The molecule has 0 bridgehead atoms. The van der Waals surface area contributed by atoms with Crippen LogP contribution >= 0.6 is 11.8 Å². The van der Waals surface area contributed by atoms with Gasteiger partial charge in [-0.2, -0.15) is 11.8 Å². The molecule has 3 heterocycles. The molecular formula is C10H11NO2S. The monoisotopic (exact) mass is 209 g/mol. The molecule has 0 radical (unpaired) electrons. The van der Waals surface area contributed by atoms with E-state index in [4.69, 9.17) is 4.74 Å². The van der Waals surface area contributed by atoms with Crippen LogP contribution in [0.2, 0.25) is 0 Å². The van der Waals surface area contributed by atoms with Crippen LogP contribution in [0.1, 0.15) is 16.9 Å². The van der Waals surface area contributed by atoms with E-state index in [2.05, 4.69) is 0 Å². The SMILES string of the molecule is O=C1O[C@H]2CCSC2Cn2cccc21. The normalized spacial score (nSPS) is 30.4. The molecule has 1 unspecified atom stereocenters. The smallest absolute Gasteiger partial charge is 0.355 e. The maximum atomic E-state index is 11.7. The summed E-state index contributed by atoms with van der Waals surface area (Å²) in [4.78, 5) is 11.7. The molecule has 0 aromatic carbocycles. The fraction of sp³-hybridized carbons (Fsp3) is 0.500. The van der Waals surface area contributed by atoms with Gasteiger partial charge in [-0.05, 0) is 24.3 Å². The maximum absolute atomic E-state index is 11.7. The molecule has 2 aliphatic rings. The summed E-state index contributed by atoms with van der Waals surface area (Å²) in [6, 6.07) is 3.73. The molecule has 0 spiro atoms. The second-order valence-corrected chi connectivity index (χ2v) is 5.03. The largest absolute Gasteiger partial charge is 0.456 e. The molecule has 1 aromatic heterocycles. The zero-order valence-corrected chi connectivity index (χ0v) is 8.50. The summed E-state index contributed by atoms with van der Waals surface area (Å²) >= 11 is 1.91. The molecular weight excluding hydrogens is 198 g/mol. The molecule has 3 rings (SSSR count). The van der Waals surface area contributed by atoms with Crippen molar-refractivity contribution in [1.29, 1.82) is 0 Å². The van der Waals surface area contributed by atoms with Crippen LogP contribution in [0.25, 0.3) is 0 Å². The van der Waals surface area contributed by atoms with Gasteiger partial charge in [-0.3, -0.25) is 0 Å². The highest BCUT2D eigenvalue weighted by molar-refractivity contribution is 8.00. The van der Waals surface area contributed by atoms with Gasteiger partial charge >= 0.3 is 5.97 Å². The highest BCUT2D eigenvalue weighted by atomic mass is 32.2. The third-order valence-electron chi connectivity index (χ3n) is 2.82. The summed E-state index contributed by atoms with van der Waals surface area (Å²) in [7, 11) is 0. The number of carbonyl (C=O) groups is 1. The Kier molecular flexibility index (Phi) is 1.83. The molecule has 1 saturated heterocycles. The molecule has 0 amide bonds. The van der Waals surface area contributed by atoms with Crippen LogP contribution in [0.3, 0.4) is 0 Å². The predicted octanol–water partition coefficient (Wildman–Crippen LogP) is 1.53. The van der Waals surface area contributed by atoms with Crippen molar-refractivity contribution in [2.24, 2.45) is 0 Å². The average Bonchev–Trinajstić information content (AvgIpc) is 2.75. The summed E-state index contributed by atoms with van der Waals surface area (Å²) in [6.45, 7) is 0.906. The first-order valence-electron chi connectivity index (χ1n) is 4.82. The van der Waals surface area contributed by atoms with Gasteiger partial charge in [0.15, 0.2) is 0 Å². The second-order valence-electron chi connectivity index (χ2n) is 3.69. The Hall–Kier alpha value is -0.900.